The summed E-state index contributed by atoms with van der Waals surface area (Å²) in [5.74, 6) is -0.343. The van der Waals surface area contributed by atoms with Gasteiger partial charge in [-0.2, -0.15) is 0 Å². The Balaban J connectivity index is 0.00000264. The van der Waals surface area contributed by atoms with Crippen LogP contribution in [0.1, 0.15) is 28.8 Å². The monoisotopic (exact) mass is 341 g/mol. The highest BCUT2D eigenvalue weighted by atomic mass is 35.5. The smallest absolute Gasteiger partial charge is 0.251 e. The number of halogens is 1. The van der Waals surface area contributed by atoms with Gasteiger partial charge in [0.15, 0.2) is 0 Å². The number of piperidine rings is 1. The summed E-state index contributed by atoms with van der Waals surface area (Å²) in [5, 5.41) is 18.3. The molecule has 0 bridgehead atoms. The Labute approximate surface area is 142 Å². The van der Waals surface area contributed by atoms with E-state index in [1.807, 2.05) is 19.1 Å². The van der Waals surface area contributed by atoms with Crippen molar-refractivity contribution in [3.8, 4) is 0 Å². The van der Waals surface area contributed by atoms with Crippen molar-refractivity contribution < 1.29 is 14.7 Å². The zero-order valence-electron chi connectivity index (χ0n) is 13.2. The standard InChI is InChI=1S/C16H23N3O3.ClH/c1-11-2-4-12(5-3-11)16(22)18-9-7-15(21)19-13-6-8-17-10-14(13)20;/h2-5,13-14,17,20H,6-10H2,1H3,(H,18,22)(H,19,21);1H/t13-,14-;/m1./s1. The van der Waals surface area contributed by atoms with E-state index < -0.39 is 6.10 Å². The van der Waals surface area contributed by atoms with Crippen molar-refractivity contribution in [2.45, 2.75) is 31.9 Å². The van der Waals surface area contributed by atoms with Gasteiger partial charge in [0, 0.05) is 25.1 Å². The Kier molecular flexibility index (Phi) is 8.02. The quantitative estimate of drug-likeness (QED) is 0.623. The van der Waals surface area contributed by atoms with Gasteiger partial charge in [0.1, 0.15) is 0 Å². The number of hydrogen-bond acceptors (Lipinski definition) is 4. The lowest BCUT2D eigenvalue weighted by Crippen LogP contribution is -2.52. The molecule has 0 aromatic heterocycles. The van der Waals surface area contributed by atoms with Gasteiger partial charge in [0.2, 0.25) is 5.91 Å². The van der Waals surface area contributed by atoms with Crippen molar-refractivity contribution in [3.05, 3.63) is 35.4 Å². The zero-order chi connectivity index (χ0) is 15.9. The first-order valence-electron chi connectivity index (χ1n) is 7.59. The number of rotatable bonds is 5. The Morgan fingerprint density at radius 1 is 1.30 bits per heavy atom. The molecule has 1 fully saturated rings. The van der Waals surface area contributed by atoms with Gasteiger partial charge in [0.05, 0.1) is 12.1 Å². The molecule has 0 unspecified atom stereocenters. The number of carbonyl (C=O) groups excluding carboxylic acids is 2. The summed E-state index contributed by atoms with van der Waals surface area (Å²) in [5.41, 5.74) is 1.68. The van der Waals surface area contributed by atoms with E-state index in [2.05, 4.69) is 16.0 Å². The third-order valence-corrected chi connectivity index (χ3v) is 3.75. The molecule has 0 aliphatic carbocycles. The molecule has 0 saturated carbocycles. The summed E-state index contributed by atoms with van der Waals surface area (Å²) in [4.78, 5) is 23.7. The van der Waals surface area contributed by atoms with Crippen molar-refractivity contribution in [2.75, 3.05) is 19.6 Å². The summed E-state index contributed by atoms with van der Waals surface area (Å²) < 4.78 is 0. The maximum Gasteiger partial charge on any atom is 0.251 e. The number of aliphatic hydroxyl groups excluding tert-OH is 1. The van der Waals surface area contributed by atoms with Crippen LogP contribution in [0.15, 0.2) is 24.3 Å². The summed E-state index contributed by atoms with van der Waals surface area (Å²) in [6.45, 7) is 3.52. The molecule has 1 heterocycles. The highest BCUT2D eigenvalue weighted by Gasteiger charge is 2.23. The number of nitrogens with one attached hydrogen (secondary N) is 3. The lowest BCUT2D eigenvalue weighted by molar-refractivity contribution is -0.122. The number of β-amino-alcohol motifs (C(OH)–C–C–N with tert-alkyl or cyclic N) is 1. The second kappa shape index (κ2) is 9.50. The predicted molar refractivity (Wildman–Crippen MR) is 90.8 cm³/mol. The fourth-order valence-corrected chi connectivity index (χ4v) is 2.39. The van der Waals surface area contributed by atoms with Crippen LogP contribution >= 0.6 is 12.4 Å². The van der Waals surface area contributed by atoms with Gasteiger partial charge in [-0.3, -0.25) is 9.59 Å². The van der Waals surface area contributed by atoms with E-state index >= 15 is 0 Å². The fourth-order valence-electron chi connectivity index (χ4n) is 2.39. The fraction of sp³-hybridized carbons (Fsp3) is 0.500. The first-order chi connectivity index (χ1) is 10.6. The van der Waals surface area contributed by atoms with Crippen LogP contribution in [-0.2, 0) is 4.79 Å². The maximum atomic E-state index is 11.9. The minimum Gasteiger partial charge on any atom is -0.390 e. The van der Waals surface area contributed by atoms with E-state index in [1.54, 1.807) is 12.1 Å². The summed E-state index contributed by atoms with van der Waals surface area (Å²) in [6.07, 6.45) is 0.358. The SMILES string of the molecule is Cc1ccc(C(=O)NCCC(=O)N[C@@H]2CCNC[C@H]2O)cc1.Cl. The minimum absolute atomic E-state index is 0. The highest BCUT2D eigenvalue weighted by molar-refractivity contribution is 5.94. The lowest BCUT2D eigenvalue weighted by Gasteiger charge is -2.29. The lowest BCUT2D eigenvalue weighted by atomic mass is 10.0. The summed E-state index contributed by atoms with van der Waals surface area (Å²) in [7, 11) is 0. The molecular weight excluding hydrogens is 318 g/mol. The van der Waals surface area contributed by atoms with Gasteiger partial charge in [-0.1, -0.05) is 17.7 Å². The van der Waals surface area contributed by atoms with Gasteiger partial charge in [-0.15, -0.1) is 12.4 Å². The third-order valence-electron chi connectivity index (χ3n) is 3.75. The van der Waals surface area contributed by atoms with Crippen LogP contribution in [-0.4, -0.2) is 48.7 Å². The van der Waals surface area contributed by atoms with Gasteiger partial charge in [-0.25, -0.2) is 0 Å². The van der Waals surface area contributed by atoms with Crippen LogP contribution in [0.4, 0.5) is 0 Å². The summed E-state index contributed by atoms with van der Waals surface area (Å²) >= 11 is 0. The molecule has 7 heteroatoms. The van der Waals surface area contributed by atoms with Crippen LogP contribution in [0.3, 0.4) is 0 Å². The van der Waals surface area contributed by atoms with E-state index in [0.717, 1.165) is 12.1 Å². The molecule has 2 amide bonds. The topological polar surface area (TPSA) is 90.5 Å². The molecular formula is C16H24ClN3O3. The van der Waals surface area contributed by atoms with Crippen LogP contribution in [0.2, 0.25) is 0 Å². The molecule has 1 aromatic carbocycles. The average molecular weight is 342 g/mol. The molecule has 6 nitrogen and oxygen atoms in total. The normalized spacial score (nSPS) is 20.3. The first-order valence-corrected chi connectivity index (χ1v) is 7.59. The van der Waals surface area contributed by atoms with E-state index in [4.69, 9.17) is 0 Å². The molecule has 1 aliphatic heterocycles. The van der Waals surface area contributed by atoms with Crippen molar-refractivity contribution in [1.29, 1.82) is 0 Å². The van der Waals surface area contributed by atoms with Crippen LogP contribution in [0.25, 0.3) is 0 Å². The molecule has 23 heavy (non-hydrogen) atoms. The second-order valence-corrected chi connectivity index (χ2v) is 5.61. The Morgan fingerprint density at radius 2 is 2.00 bits per heavy atom. The van der Waals surface area contributed by atoms with E-state index in [-0.39, 0.29) is 43.2 Å². The van der Waals surface area contributed by atoms with Gasteiger partial charge < -0.3 is 21.1 Å². The van der Waals surface area contributed by atoms with E-state index in [1.165, 1.54) is 0 Å². The Hall–Kier alpha value is -1.63. The van der Waals surface area contributed by atoms with Crippen LogP contribution in [0.5, 0.6) is 0 Å². The highest BCUT2D eigenvalue weighted by Crippen LogP contribution is 2.04. The molecule has 1 aromatic rings. The van der Waals surface area contributed by atoms with Gasteiger partial charge in [0.25, 0.3) is 5.91 Å². The van der Waals surface area contributed by atoms with Gasteiger partial charge in [-0.05, 0) is 32.0 Å². The molecule has 2 rings (SSSR count). The van der Waals surface area contributed by atoms with Crippen molar-refractivity contribution in [2.24, 2.45) is 0 Å². The second-order valence-electron chi connectivity index (χ2n) is 5.61. The molecule has 1 aliphatic rings. The van der Waals surface area contributed by atoms with Crippen molar-refractivity contribution in [1.82, 2.24) is 16.0 Å². The number of aliphatic hydroxyl groups is 1. The van der Waals surface area contributed by atoms with E-state index in [0.29, 0.717) is 18.5 Å². The maximum absolute atomic E-state index is 11.9. The number of benzene rings is 1. The molecule has 4 N–H and O–H groups in total. The minimum atomic E-state index is -0.556. The van der Waals surface area contributed by atoms with Crippen molar-refractivity contribution >= 4 is 24.2 Å². The zero-order valence-corrected chi connectivity index (χ0v) is 14.0. The number of aryl methyl sites for hydroxylation is 1. The summed E-state index contributed by atoms with van der Waals surface area (Å²) in [6, 6.07) is 7.06. The van der Waals surface area contributed by atoms with E-state index in [9.17, 15) is 14.7 Å². The van der Waals surface area contributed by atoms with Crippen molar-refractivity contribution in [3.63, 3.8) is 0 Å². The largest absolute Gasteiger partial charge is 0.390 e. The van der Waals surface area contributed by atoms with Gasteiger partial charge >= 0.3 is 0 Å². The van der Waals surface area contributed by atoms with Crippen LogP contribution in [0, 0.1) is 6.92 Å². The van der Waals surface area contributed by atoms with Crippen LogP contribution < -0.4 is 16.0 Å². The number of hydrogen-bond donors (Lipinski definition) is 4. The average Bonchev–Trinajstić information content (AvgIpc) is 2.50. The molecule has 0 spiro atoms. The number of carbonyl (C=O) groups is 2. The predicted octanol–water partition coefficient (Wildman–Crippen LogP) is 0.376. The molecule has 2 atom stereocenters. The molecule has 0 radical (unpaired) electrons. The number of amides is 2. The molecule has 128 valence electrons. The first kappa shape index (κ1) is 19.4. The Morgan fingerprint density at radius 3 is 2.65 bits per heavy atom. The third kappa shape index (κ3) is 6.17. The Bertz CT molecular complexity index is 522. The molecule has 1 saturated heterocycles.